The van der Waals surface area contributed by atoms with E-state index in [1.165, 1.54) is 12.1 Å². The highest BCUT2D eigenvalue weighted by molar-refractivity contribution is 6.00. The number of carbonyl (C=O) groups is 1. The minimum absolute atomic E-state index is 0.0343. The van der Waals surface area contributed by atoms with Crippen molar-refractivity contribution in [3.63, 3.8) is 0 Å². The van der Waals surface area contributed by atoms with Crippen LogP contribution in [-0.4, -0.2) is 33.3 Å². The van der Waals surface area contributed by atoms with Gasteiger partial charge in [0.15, 0.2) is 0 Å². The number of amides is 1. The van der Waals surface area contributed by atoms with Crippen LogP contribution in [0.2, 0.25) is 0 Å². The highest BCUT2D eigenvalue weighted by atomic mass is 19.3. The van der Waals surface area contributed by atoms with Crippen LogP contribution in [0, 0.1) is 5.82 Å². The molecule has 0 unspecified atom stereocenters. The molecule has 0 spiro atoms. The van der Waals surface area contributed by atoms with E-state index in [4.69, 9.17) is 0 Å². The van der Waals surface area contributed by atoms with Gasteiger partial charge in [-0.25, -0.2) is 18.2 Å². The third kappa shape index (κ3) is 3.41. The Bertz CT molecular complexity index is 978. The molecule has 3 heterocycles. The molecular weight excluding hydrogens is 355 g/mol. The highest BCUT2D eigenvalue weighted by Crippen LogP contribution is 2.32. The molecule has 1 aromatic carbocycles. The Hall–Kier alpha value is -2.83. The zero-order valence-corrected chi connectivity index (χ0v) is 14.5. The zero-order valence-electron chi connectivity index (χ0n) is 14.5. The number of rotatable bonds is 3. The second-order valence-corrected chi connectivity index (χ2v) is 6.79. The summed E-state index contributed by atoms with van der Waals surface area (Å²) in [5.74, 6) is -0.756. The van der Waals surface area contributed by atoms with Gasteiger partial charge in [0.25, 0.3) is 12.3 Å². The number of hydrogen-bond acceptors (Lipinski definition) is 2. The van der Waals surface area contributed by atoms with Crippen LogP contribution in [0.4, 0.5) is 13.2 Å². The van der Waals surface area contributed by atoms with E-state index in [1.807, 2.05) is 6.20 Å². The van der Waals surface area contributed by atoms with E-state index in [0.717, 1.165) is 11.6 Å². The molecule has 2 aromatic heterocycles. The third-order valence-corrected chi connectivity index (χ3v) is 5.13. The predicted molar refractivity (Wildman–Crippen MR) is 94.4 cm³/mol. The number of halogens is 3. The maximum Gasteiger partial charge on any atom is 0.263 e. The van der Waals surface area contributed by atoms with Gasteiger partial charge < -0.3 is 9.30 Å². The van der Waals surface area contributed by atoms with Crippen LogP contribution in [-0.2, 0) is 0 Å². The largest absolute Gasteiger partial charge is 0.339 e. The fourth-order valence-electron chi connectivity index (χ4n) is 3.71. The van der Waals surface area contributed by atoms with Crippen molar-refractivity contribution in [1.82, 2.24) is 14.3 Å². The number of aromatic nitrogens is 2. The molecule has 0 radical (unpaired) electrons. The van der Waals surface area contributed by atoms with Crippen LogP contribution in [0.1, 0.15) is 46.7 Å². The van der Waals surface area contributed by atoms with Gasteiger partial charge in [-0.1, -0.05) is 0 Å². The van der Waals surface area contributed by atoms with E-state index < -0.39 is 12.2 Å². The van der Waals surface area contributed by atoms with E-state index in [-0.39, 0.29) is 17.4 Å². The molecule has 4 nitrogen and oxygen atoms in total. The average Bonchev–Trinajstić information content (AvgIpc) is 3.16. The summed E-state index contributed by atoms with van der Waals surface area (Å²) in [6, 6.07) is 7.14. The molecule has 1 amide bonds. The molecule has 0 atom stereocenters. The van der Waals surface area contributed by atoms with Crippen molar-refractivity contribution in [2.45, 2.75) is 25.2 Å². The summed E-state index contributed by atoms with van der Waals surface area (Å²) in [6.45, 7) is 0.998. The first-order valence-corrected chi connectivity index (χ1v) is 8.81. The van der Waals surface area contributed by atoms with Crippen molar-refractivity contribution in [2.75, 3.05) is 13.1 Å². The van der Waals surface area contributed by atoms with Crippen molar-refractivity contribution in [3.05, 3.63) is 71.6 Å². The van der Waals surface area contributed by atoms with Gasteiger partial charge in [-0.15, -0.1) is 0 Å². The molecular formula is C20H18F3N3O. The van der Waals surface area contributed by atoms with Gasteiger partial charge in [0, 0.05) is 24.8 Å². The number of likely N-dealkylation sites (tertiary alicyclic amines) is 1. The number of imidazole rings is 1. The molecule has 1 saturated heterocycles. The monoisotopic (exact) mass is 373 g/mol. The Balaban J connectivity index is 1.49. The molecule has 1 aliphatic rings. The lowest BCUT2D eigenvalue weighted by molar-refractivity contribution is 0.0714. The lowest BCUT2D eigenvalue weighted by atomic mass is 9.88. The zero-order chi connectivity index (χ0) is 19.0. The highest BCUT2D eigenvalue weighted by Gasteiger charge is 2.26. The molecule has 0 aliphatic carbocycles. The van der Waals surface area contributed by atoms with E-state index in [9.17, 15) is 18.0 Å². The molecule has 3 aromatic rings. The normalized spacial score (nSPS) is 15.6. The smallest absolute Gasteiger partial charge is 0.263 e. The molecule has 4 rings (SSSR count). The summed E-state index contributed by atoms with van der Waals surface area (Å²) >= 11 is 0. The number of pyridine rings is 1. The fourth-order valence-corrected chi connectivity index (χ4v) is 3.71. The lowest BCUT2D eigenvalue weighted by Crippen LogP contribution is -2.38. The van der Waals surface area contributed by atoms with Gasteiger partial charge in [-0.3, -0.25) is 4.79 Å². The van der Waals surface area contributed by atoms with Gasteiger partial charge >= 0.3 is 0 Å². The number of hydrogen-bond donors (Lipinski definition) is 0. The maximum absolute atomic E-state index is 13.7. The van der Waals surface area contributed by atoms with Crippen LogP contribution >= 0.6 is 0 Å². The standard InChI is InChI=1S/C20H18F3N3O/c21-16-9-14(8-15(10-16)19(22)23)13-3-6-25(7-4-13)20(27)17-2-1-5-26-12-24-11-18(17)26/h1-2,5,8-13,19H,3-4,6-7H2. The molecule has 0 bridgehead atoms. The number of alkyl halides is 2. The molecule has 7 heteroatoms. The molecule has 0 N–H and O–H groups in total. The van der Waals surface area contributed by atoms with Crippen LogP contribution in [0.3, 0.4) is 0 Å². The first kappa shape index (κ1) is 17.6. The number of carbonyl (C=O) groups excluding carboxylic acids is 1. The topological polar surface area (TPSA) is 37.6 Å². The Morgan fingerprint density at radius 2 is 1.96 bits per heavy atom. The van der Waals surface area contributed by atoms with Crippen molar-refractivity contribution < 1.29 is 18.0 Å². The number of benzene rings is 1. The van der Waals surface area contributed by atoms with E-state index >= 15 is 0 Å². The first-order chi connectivity index (χ1) is 13.0. The van der Waals surface area contributed by atoms with Crippen molar-refractivity contribution in [1.29, 1.82) is 0 Å². The lowest BCUT2D eigenvalue weighted by Gasteiger charge is -2.32. The fraction of sp³-hybridized carbons (Fsp3) is 0.300. The number of fused-ring (bicyclic) bond motifs is 1. The Morgan fingerprint density at radius 1 is 1.19 bits per heavy atom. The van der Waals surface area contributed by atoms with Crippen LogP contribution < -0.4 is 0 Å². The van der Waals surface area contributed by atoms with Crippen molar-refractivity contribution in [3.8, 4) is 0 Å². The van der Waals surface area contributed by atoms with Gasteiger partial charge in [-0.05, 0) is 54.7 Å². The van der Waals surface area contributed by atoms with Crippen molar-refractivity contribution in [2.24, 2.45) is 0 Å². The third-order valence-electron chi connectivity index (χ3n) is 5.13. The van der Waals surface area contributed by atoms with Crippen molar-refractivity contribution >= 4 is 11.4 Å². The summed E-state index contributed by atoms with van der Waals surface area (Å²) in [7, 11) is 0. The summed E-state index contributed by atoms with van der Waals surface area (Å²) in [5, 5.41) is 0. The first-order valence-electron chi connectivity index (χ1n) is 8.81. The second kappa shape index (κ2) is 7.06. The summed E-state index contributed by atoms with van der Waals surface area (Å²) in [6.07, 6.45) is 3.65. The SMILES string of the molecule is O=C(c1cccn2cncc12)N1CCC(c2cc(F)cc(C(F)F)c2)CC1. The van der Waals surface area contributed by atoms with Gasteiger partial charge in [0.05, 0.1) is 23.6 Å². The van der Waals surface area contributed by atoms with Gasteiger partial charge in [0.2, 0.25) is 0 Å². The maximum atomic E-state index is 13.7. The molecule has 0 saturated carbocycles. The van der Waals surface area contributed by atoms with Gasteiger partial charge in [0.1, 0.15) is 5.82 Å². The van der Waals surface area contributed by atoms with E-state index in [0.29, 0.717) is 37.1 Å². The van der Waals surface area contributed by atoms with Crippen LogP contribution in [0.25, 0.3) is 5.52 Å². The Labute approximate surface area is 154 Å². The van der Waals surface area contributed by atoms with Gasteiger partial charge in [-0.2, -0.15) is 0 Å². The van der Waals surface area contributed by atoms with Crippen LogP contribution in [0.15, 0.2) is 49.1 Å². The van der Waals surface area contributed by atoms with E-state index in [1.54, 1.807) is 34.0 Å². The minimum atomic E-state index is -2.70. The summed E-state index contributed by atoms with van der Waals surface area (Å²) in [5.41, 5.74) is 1.61. The molecule has 1 fully saturated rings. The summed E-state index contributed by atoms with van der Waals surface area (Å²) in [4.78, 5) is 18.7. The minimum Gasteiger partial charge on any atom is -0.339 e. The number of nitrogens with zero attached hydrogens (tertiary/aromatic N) is 3. The molecule has 1 aliphatic heterocycles. The number of piperidine rings is 1. The van der Waals surface area contributed by atoms with E-state index in [2.05, 4.69) is 4.98 Å². The predicted octanol–water partition coefficient (Wildman–Crippen LogP) is 4.43. The summed E-state index contributed by atoms with van der Waals surface area (Å²) < 4.78 is 41.3. The molecule has 27 heavy (non-hydrogen) atoms. The molecule has 140 valence electrons. The quantitative estimate of drug-likeness (QED) is 0.681. The Kier molecular flexibility index (Phi) is 4.59. The van der Waals surface area contributed by atoms with Crippen LogP contribution in [0.5, 0.6) is 0 Å². The average molecular weight is 373 g/mol. The second-order valence-electron chi connectivity index (χ2n) is 6.79. The Morgan fingerprint density at radius 3 is 2.70 bits per heavy atom.